The summed E-state index contributed by atoms with van der Waals surface area (Å²) in [7, 11) is 0. The highest BCUT2D eigenvalue weighted by Crippen LogP contribution is 2.30. The predicted octanol–water partition coefficient (Wildman–Crippen LogP) is 1.70. The summed E-state index contributed by atoms with van der Waals surface area (Å²) in [6, 6.07) is 7.14. The third kappa shape index (κ3) is 2.23. The van der Waals surface area contributed by atoms with Gasteiger partial charge in [0.1, 0.15) is 0 Å². The van der Waals surface area contributed by atoms with Gasteiger partial charge in [0.05, 0.1) is 6.61 Å². The maximum Gasteiger partial charge on any atom is 0.333 e. The van der Waals surface area contributed by atoms with Gasteiger partial charge >= 0.3 is 5.97 Å². The Kier molecular flexibility index (Phi) is 3.65. The van der Waals surface area contributed by atoms with Crippen LogP contribution < -0.4 is 0 Å². The molecule has 0 radical (unpaired) electrons. The van der Waals surface area contributed by atoms with Gasteiger partial charge in [0.25, 0.3) is 0 Å². The van der Waals surface area contributed by atoms with Crippen LogP contribution in [0.2, 0.25) is 0 Å². The molecule has 0 saturated carbocycles. The van der Waals surface area contributed by atoms with Crippen molar-refractivity contribution in [3.8, 4) is 0 Å². The molecule has 1 aliphatic heterocycles. The minimum Gasteiger partial charge on any atom is -0.464 e. The van der Waals surface area contributed by atoms with E-state index >= 15 is 0 Å². The van der Waals surface area contributed by atoms with Crippen molar-refractivity contribution in [3.05, 3.63) is 35.4 Å². The monoisotopic (exact) mass is 247 g/mol. The Morgan fingerprint density at radius 1 is 1.39 bits per heavy atom. The molecule has 0 saturated heterocycles. The summed E-state index contributed by atoms with van der Waals surface area (Å²) in [5.41, 5.74) is 2.01. The maximum atomic E-state index is 12.1. The molecular weight excluding hydrogens is 230 g/mol. The molecule has 4 nitrogen and oxygen atoms in total. The largest absolute Gasteiger partial charge is 0.464 e. The molecule has 0 fully saturated rings. The Morgan fingerprint density at radius 3 is 2.78 bits per heavy atom. The Morgan fingerprint density at radius 2 is 2.11 bits per heavy atom. The van der Waals surface area contributed by atoms with Gasteiger partial charge in [-0.05, 0) is 24.5 Å². The fraction of sp³-hybridized carbons (Fsp3) is 0.429. The molecule has 2 rings (SSSR count). The molecule has 1 amide bonds. The number of esters is 1. The molecule has 1 aromatic rings. The second kappa shape index (κ2) is 5.21. The molecule has 0 aromatic heterocycles. The highest BCUT2D eigenvalue weighted by Gasteiger charge is 2.35. The van der Waals surface area contributed by atoms with Crippen molar-refractivity contribution in [1.82, 2.24) is 4.90 Å². The number of nitrogens with zero attached hydrogens (tertiary/aromatic N) is 1. The smallest absolute Gasteiger partial charge is 0.333 e. The average molecular weight is 247 g/mol. The highest BCUT2D eigenvalue weighted by atomic mass is 16.5. The van der Waals surface area contributed by atoms with Crippen LogP contribution in [0.1, 0.15) is 31.0 Å². The molecule has 0 aliphatic carbocycles. The van der Waals surface area contributed by atoms with Crippen LogP contribution in [0.15, 0.2) is 24.3 Å². The summed E-state index contributed by atoms with van der Waals surface area (Å²) in [6.07, 6.45) is 0.783. The molecule has 1 aromatic carbocycles. The van der Waals surface area contributed by atoms with Gasteiger partial charge in [0, 0.05) is 13.5 Å². The maximum absolute atomic E-state index is 12.1. The van der Waals surface area contributed by atoms with Gasteiger partial charge in [-0.2, -0.15) is 0 Å². The van der Waals surface area contributed by atoms with Crippen molar-refractivity contribution < 1.29 is 14.3 Å². The lowest BCUT2D eigenvalue weighted by molar-refractivity contribution is -0.155. The second-order valence-electron chi connectivity index (χ2n) is 4.32. The fourth-order valence-corrected chi connectivity index (χ4v) is 2.38. The molecule has 4 heteroatoms. The van der Waals surface area contributed by atoms with Crippen LogP contribution >= 0.6 is 0 Å². The number of ether oxygens (including phenoxy) is 1. The number of rotatable bonds is 2. The number of fused-ring (bicyclic) bond motifs is 1. The molecule has 96 valence electrons. The highest BCUT2D eigenvalue weighted by molar-refractivity contribution is 5.85. The zero-order valence-electron chi connectivity index (χ0n) is 10.7. The zero-order valence-corrected chi connectivity index (χ0v) is 10.7. The predicted molar refractivity (Wildman–Crippen MR) is 66.9 cm³/mol. The van der Waals surface area contributed by atoms with Crippen LogP contribution in [-0.2, 0) is 20.7 Å². The average Bonchev–Trinajstić information content (AvgIpc) is 2.37. The zero-order chi connectivity index (χ0) is 13.1. The van der Waals surface area contributed by atoms with E-state index in [-0.39, 0.29) is 11.9 Å². The van der Waals surface area contributed by atoms with E-state index in [0.717, 1.165) is 17.5 Å². The third-order valence-electron chi connectivity index (χ3n) is 3.20. The van der Waals surface area contributed by atoms with Crippen LogP contribution in [0.5, 0.6) is 0 Å². The normalized spacial score (nSPS) is 18.1. The van der Waals surface area contributed by atoms with Crippen LogP contribution in [0.4, 0.5) is 0 Å². The van der Waals surface area contributed by atoms with E-state index < -0.39 is 6.04 Å². The van der Waals surface area contributed by atoms with Crippen molar-refractivity contribution in [3.63, 3.8) is 0 Å². The Balaban J connectivity index is 2.40. The second-order valence-corrected chi connectivity index (χ2v) is 4.32. The number of hydrogen-bond acceptors (Lipinski definition) is 3. The first-order chi connectivity index (χ1) is 8.65. The Hall–Kier alpha value is -1.84. The van der Waals surface area contributed by atoms with Gasteiger partial charge in [-0.3, -0.25) is 4.79 Å². The lowest BCUT2D eigenvalue weighted by Crippen LogP contribution is -2.43. The van der Waals surface area contributed by atoms with Crippen LogP contribution in [-0.4, -0.2) is 29.9 Å². The molecule has 0 N–H and O–H groups in total. The number of amides is 1. The van der Waals surface area contributed by atoms with Crippen LogP contribution in [0.3, 0.4) is 0 Å². The summed E-state index contributed by atoms with van der Waals surface area (Å²) in [5.74, 6) is -0.442. The van der Waals surface area contributed by atoms with Crippen molar-refractivity contribution in [1.29, 1.82) is 0 Å². The molecule has 0 bridgehead atoms. The fourth-order valence-electron chi connectivity index (χ4n) is 2.38. The molecule has 1 aliphatic rings. The van der Waals surface area contributed by atoms with Gasteiger partial charge in [0.15, 0.2) is 6.04 Å². The number of benzene rings is 1. The van der Waals surface area contributed by atoms with E-state index in [2.05, 4.69) is 0 Å². The molecular formula is C14H17NO3. The van der Waals surface area contributed by atoms with Gasteiger partial charge in [0.2, 0.25) is 5.91 Å². The summed E-state index contributed by atoms with van der Waals surface area (Å²) in [6.45, 7) is 4.14. The van der Waals surface area contributed by atoms with E-state index in [0.29, 0.717) is 13.2 Å². The Bertz CT molecular complexity index is 470. The minimum atomic E-state index is -0.590. The molecule has 18 heavy (non-hydrogen) atoms. The van der Waals surface area contributed by atoms with E-state index in [1.807, 2.05) is 24.3 Å². The van der Waals surface area contributed by atoms with E-state index in [1.165, 1.54) is 6.92 Å². The van der Waals surface area contributed by atoms with Gasteiger partial charge in [-0.25, -0.2) is 4.79 Å². The van der Waals surface area contributed by atoms with Gasteiger partial charge in [-0.1, -0.05) is 24.3 Å². The molecule has 1 heterocycles. The summed E-state index contributed by atoms with van der Waals surface area (Å²) < 4.78 is 5.09. The third-order valence-corrected chi connectivity index (χ3v) is 3.20. The first kappa shape index (κ1) is 12.6. The van der Waals surface area contributed by atoms with E-state index in [9.17, 15) is 9.59 Å². The Labute approximate surface area is 107 Å². The number of carbonyl (C=O) groups excluding carboxylic acids is 2. The summed E-state index contributed by atoms with van der Waals surface area (Å²) >= 11 is 0. The summed E-state index contributed by atoms with van der Waals surface area (Å²) in [5, 5.41) is 0. The minimum absolute atomic E-state index is 0.0949. The number of carbonyl (C=O) groups is 2. The van der Waals surface area contributed by atoms with Crippen LogP contribution in [0, 0.1) is 0 Å². The summed E-state index contributed by atoms with van der Waals surface area (Å²) in [4.78, 5) is 25.3. The van der Waals surface area contributed by atoms with Gasteiger partial charge in [-0.15, -0.1) is 0 Å². The lowest BCUT2D eigenvalue weighted by Gasteiger charge is -2.35. The first-order valence-electron chi connectivity index (χ1n) is 6.16. The standard InChI is InChI=1S/C14H17NO3/c1-3-18-14(17)13-12-7-5-4-6-11(12)8-9-15(13)10(2)16/h4-7,13H,3,8-9H2,1-2H3. The van der Waals surface area contributed by atoms with E-state index in [4.69, 9.17) is 4.74 Å². The molecule has 1 atom stereocenters. The van der Waals surface area contributed by atoms with Crippen molar-refractivity contribution in [2.45, 2.75) is 26.3 Å². The van der Waals surface area contributed by atoms with Crippen LogP contribution in [0.25, 0.3) is 0 Å². The van der Waals surface area contributed by atoms with Crippen molar-refractivity contribution >= 4 is 11.9 Å². The van der Waals surface area contributed by atoms with Gasteiger partial charge < -0.3 is 9.64 Å². The van der Waals surface area contributed by atoms with E-state index in [1.54, 1.807) is 11.8 Å². The number of hydrogen-bond donors (Lipinski definition) is 0. The lowest BCUT2D eigenvalue weighted by atomic mass is 9.92. The first-order valence-corrected chi connectivity index (χ1v) is 6.16. The SMILES string of the molecule is CCOC(=O)C1c2ccccc2CCN1C(C)=O. The topological polar surface area (TPSA) is 46.6 Å². The van der Waals surface area contributed by atoms with Crippen molar-refractivity contribution in [2.24, 2.45) is 0 Å². The quantitative estimate of drug-likeness (QED) is 0.747. The molecule has 1 unspecified atom stereocenters. The van der Waals surface area contributed by atoms with Crippen molar-refractivity contribution in [2.75, 3.05) is 13.2 Å². The molecule has 0 spiro atoms.